The van der Waals surface area contributed by atoms with Crippen LogP contribution in [0.3, 0.4) is 0 Å². The highest BCUT2D eigenvalue weighted by molar-refractivity contribution is 5.01. The second kappa shape index (κ2) is 6.29. The van der Waals surface area contributed by atoms with Crippen LogP contribution in [0, 0.1) is 0 Å². The summed E-state index contributed by atoms with van der Waals surface area (Å²) in [6.07, 6.45) is 1.19. The van der Waals surface area contributed by atoms with Crippen LogP contribution in [0.5, 0.6) is 0 Å². The Morgan fingerprint density at radius 1 is 1.40 bits per heavy atom. The summed E-state index contributed by atoms with van der Waals surface area (Å²) in [5.41, 5.74) is 1.44. The van der Waals surface area contributed by atoms with E-state index in [4.69, 9.17) is 0 Å². The van der Waals surface area contributed by atoms with Crippen LogP contribution in [0.2, 0.25) is 0 Å². The Morgan fingerprint density at radius 3 is 2.33 bits per heavy atom. The highest BCUT2D eigenvalue weighted by Gasteiger charge is 2.11. The number of rotatable bonds is 6. The van der Waals surface area contributed by atoms with Gasteiger partial charge in [0.15, 0.2) is 0 Å². The molecule has 2 nitrogen and oxygen atoms in total. The Labute approximate surface area is 95.7 Å². The lowest BCUT2D eigenvalue weighted by atomic mass is 10.1. The predicted octanol–water partition coefficient (Wildman–Crippen LogP) is 2.66. The Kier molecular flexibility index (Phi) is 6.15. The van der Waals surface area contributed by atoms with Crippen molar-refractivity contribution in [1.82, 2.24) is 10.2 Å². The molecule has 1 unspecified atom stereocenters. The summed E-state index contributed by atoms with van der Waals surface area (Å²) >= 11 is 0. The molecule has 0 heterocycles. The maximum absolute atomic E-state index is 4.11. The minimum absolute atomic E-state index is 0.178. The molecular weight excluding hydrogens is 184 g/mol. The molecule has 0 radical (unpaired) electrons. The quantitative estimate of drug-likeness (QED) is 0.681. The SMILES string of the molecule is C=C(CNC(C)(C)C)CN(C)C(C)CC. The lowest BCUT2D eigenvalue weighted by molar-refractivity contribution is 0.269. The first-order valence-corrected chi connectivity index (χ1v) is 5.88. The van der Waals surface area contributed by atoms with Crippen molar-refractivity contribution in [2.45, 2.75) is 52.6 Å². The molecule has 0 aromatic heterocycles. The normalized spacial score (nSPS) is 14.3. The first-order valence-electron chi connectivity index (χ1n) is 5.88. The lowest BCUT2D eigenvalue weighted by Crippen LogP contribution is -2.39. The minimum Gasteiger partial charge on any atom is -0.308 e. The maximum atomic E-state index is 4.11. The molecule has 1 atom stereocenters. The topological polar surface area (TPSA) is 15.3 Å². The van der Waals surface area contributed by atoms with E-state index in [9.17, 15) is 0 Å². The van der Waals surface area contributed by atoms with Crippen LogP contribution >= 0.6 is 0 Å². The number of hydrogen-bond acceptors (Lipinski definition) is 2. The van der Waals surface area contributed by atoms with Gasteiger partial charge in [-0.3, -0.25) is 4.90 Å². The highest BCUT2D eigenvalue weighted by atomic mass is 15.1. The number of likely N-dealkylation sites (N-methyl/N-ethyl adjacent to an activating group) is 1. The third kappa shape index (κ3) is 7.57. The van der Waals surface area contributed by atoms with E-state index < -0.39 is 0 Å². The molecule has 90 valence electrons. The molecule has 0 aliphatic heterocycles. The summed E-state index contributed by atoms with van der Waals surface area (Å²) in [6, 6.07) is 0.636. The average Bonchev–Trinajstić information content (AvgIpc) is 2.12. The number of nitrogens with zero attached hydrogens (tertiary/aromatic N) is 1. The minimum atomic E-state index is 0.178. The van der Waals surface area contributed by atoms with Gasteiger partial charge in [-0.25, -0.2) is 0 Å². The lowest BCUT2D eigenvalue weighted by Gasteiger charge is -2.26. The Balaban J connectivity index is 3.84. The monoisotopic (exact) mass is 212 g/mol. The second-order valence-corrected chi connectivity index (χ2v) is 5.53. The van der Waals surface area contributed by atoms with Crippen LogP contribution in [0.15, 0.2) is 12.2 Å². The predicted molar refractivity (Wildman–Crippen MR) is 69.3 cm³/mol. The summed E-state index contributed by atoms with van der Waals surface area (Å²) in [6.45, 7) is 17.0. The molecule has 0 amide bonds. The van der Waals surface area contributed by atoms with Crippen LogP contribution in [0.1, 0.15) is 41.0 Å². The Bertz CT molecular complexity index is 191. The van der Waals surface area contributed by atoms with Crippen LogP contribution in [-0.2, 0) is 0 Å². The summed E-state index contributed by atoms with van der Waals surface area (Å²) in [4.78, 5) is 2.35. The first-order chi connectivity index (χ1) is 6.76. The molecule has 0 bridgehead atoms. The summed E-state index contributed by atoms with van der Waals surface area (Å²) < 4.78 is 0. The third-order valence-corrected chi connectivity index (χ3v) is 2.68. The van der Waals surface area contributed by atoms with Gasteiger partial charge < -0.3 is 5.32 Å². The van der Waals surface area contributed by atoms with Crippen molar-refractivity contribution in [3.63, 3.8) is 0 Å². The fourth-order valence-electron chi connectivity index (χ4n) is 1.27. The highest BCUT2D eigenvalue weighted by Crippen LogP contribution is 2.04. The molecule has 0 saturated heterocycles. The standard InChI is InChI=1S/C13H28N2/c1-8-12(3)15(7)10-11(2)9-14-13(4,5)6/h12,14H,2,8-10H2,1,3-7H3. The molecule has 0 spiro atoms. The first kappa shape index (κ1) is 14.7. The fraction of sp³-hybridized carbons (Fsp3) is 0.846. The molecule has 0 fully saturated rings. The van der Waals surface area contributed by atoms with E-state index in [0.717, 1.165) is 13.1 Å². The zero-order chi connectivity index (χ0) is 12.1. The number of hydrogen-bond donors (Lipinski definition) is 1. The fourth-order valence-corrected chi connectivity index (χ4v) is 1.27. The smallest absolute Gasteiger partial charge is 0.0202 e. The van der Waals surface area contributed by atoms with Crippen LogP contribution in [0.4, 0.5) is 0 Å². The van der Waals surface area contributed by atoms with Gasteiger partial charge in [-0.2, -0.15) is 0 Å². The molecule has 0 aliphatic carbocycles. The molecular formula is C13H28N2. The van der Waals surface area contributed by atoms with Crippen molar-refractivity contribution in [2.24, 2.45) is 0 Å². The van der Waals surface area contributed by atoms with Crippen LogP contribution in [0.25, 0.3) is 0 Å². The van der Waals surface area contributed by atoms with Gasteiger partial charge in [-0.05, 0) is 46.7 Å². The van der Waals surface area contributed by atoms with Gasteiger partial charge in [-0.15, -0.1) is 0 Å². The molecule has 2 heteroatoms. The zero-order valence-corrected chi connectivity index (χ0v) is 11.4. The van der Waals surface area contributed by atoms with Gasteiger partial charge in [0.1, 0.15) is 0 Å². The second-order valence-electron chi connectivity index (χ2n) is 5.53. The maximum Gasteiger partial charge on any atom is 0.0202 e. The van der Waals surface area contributed by atoms with E-state index >= 15 is 0 Å². The van der Waals surface area contributed by atoms with Gasteiger partial charge in [-0.1, -0.05) is 13.5 Å². The molecule has 0 saturated carbocycles. The summed E-state index contributed by atoms with van der Waals surface area (Å²) in [7, 11) is 2.16. The van der Waals surface area contributed by atoms with Crippen LogP contribution < -0.4 is 5.32 Å². The molecule has 0 aliphatic rings. The van der Waals surface area contributed by atoms with Gasteiger partial charge in [0.2, 0.25) is 0 Å². The molecule has 1 N–H and O–H groups in total. The van der Waals surface area contributed by atoms with E-state index in [-0.39, 0.29) is 5.54 Å². The van der Waals surface area contributed by atoms with Crippen molar-refractivity contribution in [3.05, 3.63) is 12.2 Å². The van der Waals surface area contributed by atoms with Gasteiger partial charge in [0.05, 0.1) is 0 Å². The van der Waals surface area contributed by atoms with Gasteiger partial charge in [0.25, 0.3) is 0 Å². The van der Waals surface area contributed by atoms with Crippen LogP contribution in [-0.4, -0.2) is 36.6 Å². The van der Waals surface area contributed by atoms with E-state index in [1.165, 1.54) is 12.0 Å². The third-order valence-electron chi connectivity index (χ3n) is 2.68. The average molecular weight is 212 g/mol. The van der Waals surface area contributed by atoms with Crippen molar-refractivity contribution in [1.29, 1.82) is 0 Å². The molecule has 0 aromatic rings. The molecule has 15 heavy (non-hydrogen) atoms. The number of nitrogens with one attached hydrogen (secondary N) is 1. The van der Waals surface area contributed by atoms with Crippen molar-refractivity contribution < 1.29 is 0 Å². The van der Waals surface area contributed by atoms with E-state index in [1.807, 2.05) is 0 Å². The van der Waals surface area contributed by atoms with E-state index in [0.29, 0.717) is 6.04 Å². The van der Waals surface area contributed by atoms with Gasteiger partial charge >= 0.3 is 0 Å². The van der Waals surface area contributed by atoms with Crippen molar-refractivity contribution in [2.75, 3.05) is 20.1 Å². The van der Waals surface area contributed by atoms with Crippen molar-refractivity contribution >= 4 is 0 Å². The van der Waals surface area contributed by atoms with E-state index in [1.54, 1.807) is 0 Å². The molecule has 0 aromatic carbocycles. The van der Waals surface area contributed by atoms with E-state index in [2.05, 4.69) is 58.5 Å². The molecule has 0 rings (SSSR count). The summed E-state index contributed by atoms with van der Waals surface area (Å²) in [5, 5.41) is 3.46. The van der Waals surface area contributed by atoms with Crippen molar-refractivity contribution in [3.8, 4) is 0 Å². The Hall–Kier alpha value is -0.340. The zero-order valence-electron chi connectivity index (χ0n) is 11.4. The Morgan fingerprint density at radius 2 is 1.93 bits per heavy atom. The largest absolute Gasteiger partial charge is 0.308 e. The summed E-state index contributed by atoms with van der Waals surface area (Å²) in [5.74, 6) is 0. The van der Waals surface area contributed by atoms with Gasteiger partial charge in [0, 0.05) is 24.7 Å².